The minimum atomic E-state index is 0.346. The summed E-state index contributed by atoms with van der Waals surface area (Å²) >= 11 is 0. The standard InChI is InChI=1S/C27H49NO2/c1-19(8-6-16-29)21-10-11-22-25-23(12-14-27(21,22)3)26(2)13-5-4-9-20(26)18-24(25)30-17-7-15-28/h19-25,29H,4-18,28H2,1-3H3/t19-,20?,21?,22?,23?,24-,25?,26?,27?/m1/s1. The molecule has 0 aromatic carbocycles. The van der Waals surface area contributed by atoms with Crippen molar-refractivity contribution in [1.29, 1.82) is 0 Å². The molecule has 174 valence electrons. The van der Waals surface area contributed by atoms with Gasteiger partial charge in [0.15, 0.2) is 0 Å². The van der Waals surface area contributed by atoms with Gasteiger partial charge in [-0.05, 0) is 117 Å². The van der Waals surface area contributed by atoms with Crippen LogP contribution in [-0.4, -0.2) is 31.0 Å². The largest absolute Gasteiger partial charge is 0.396 e. The van der Waals surface area contributed by atoms with Crippen LogP contribution in [0.15, 0.2) is 0 Å². The summed E-state index contributed by atoms with van der Waals surface area (Å²) in [6.45, 7) is 9.73. The van der Waals surface area contributed by atoms with Gasteiger partial charge in [0.25, 0.3) is 0 Å². The van der Waals surface area contributed by atoms with Gasteiger partial charge in [0, 0.05) is 13.2 Å². The Morgan fingerprint density at radius 1 is 1.00 bits per heavy atom. The van der Waals surface area contributed by atoms with Crippen molar-refractivity contribution in [1.82, 2.24) is 0 Å². The fourth-order valence-corrected chi connectivity index (χ4v) is 9.31. The van der Waals surface area contributed by atoms with E-state index in [0.29, 0.717) is 23.5 Å². The second-order valence-corrected chi connectivity index (χ2v) is 12.1. The third-order valence-electron chi connectivity index (χ3n) is 10.8. The minimum Gasteiger partial charge on any atom is -0.396 e. The summed E-state index contributed by atoms with van der Waals surface area (Å²) in [5.74, 6) is 4.90. The van der Waals surface area contributed by atoms with E-state index in [2.05, 4.69) is 20.8 Å². The smallest absolute Gasteiger partial charge is 0.0611 e. The molecular formula is C27H49NO2. The van der Waals surface area contributed by atoms with Crippen LogP contribution in [0.2, 0.25) is 0 Å². The van der Waals surface area contributed by atoms with Crippen LogP contribution in [0.5, 0.6) is 0 Å². The predicted molar refractivity (Wildman–Crippen MR) is 124 cm³/mol. The van der Waals surface area contributed by atoms with Crippen molar-refractivity contribution < 1.29 is 9.84 Å². The van der Waals surface area contributed by atoms with E-state index in [1.165, 1.54) is 64.2 Å². The zero-order chi connectivity index (χ0) is 21.4. The number of aliphatic hydroxyl groups excluding tert-OH is 1. The molecule has 4 fully saturated rings. The maximum absolute atomic E-state index is 9.36. The number of ether oxygens (including phenoxy) is 1. The fourth-order valence-electron chi connectivity index (χ4n) is 9.31. The molecule has 0 aromatic rings. The summed E-state index contributed by atoms with van der Waals surface area (Å²) in [5.41, 5.74) is 6.83. The van der Waals surface area contributed by atoms with Crippen molar-refractivity contribution in [3.8, 4) is 0 Å². The first kappa shape index (κ1) is 23.1. The van der Waals surface area contributed by atoms with E-state index in [0.717, 1.165) is 61.5 Å². The maximum Gasteiger partial charge on any atom is 0.0611 e. The Hall–Kier alpha value is -0.120. The Morgan fingerprint density at radius 2 is 1.80 bits per heavy atom. The van der Waals surface area contributed by atoms with E-state index in [1.807, 2.05) is 0 Å². The van der Waals surface area contributed by atoms with Crippen molar-refractivity contribution in [2.24, 2.45) is 52.1 Å². The average molecular weight is 420 g/mol. The third kappa shape index (κ3) is 3.90. The summed E-state index contributed by atoms with van der Waals surface area (Å²) in [5, 5.41) is 9.36. The van der Waals surface area contributed by atoms with E-state index in [-0.39, 0.29) is 0 Å². The molecule has 0 heterocycles. The molecule has 9 atom stereocenters. The Morgan fingerprint density at radius 3 is 2.57 bits per heavy atom. The lowest BCUT2D eigenvalue weighted by Gasteiger charge is -2.62. The molecule has 3 heteroatoms. The summed E-state index contributed by atoms with van der Waals surface area (Å²) in [6, 6.07) is 0. The van der Waals surface area contributed by atoms with Crippen molar-refractivity contribution in [2.45, 2.75) is 104 Å². The van der Waals surface area contributed by atoms with E-state index < -0.39 is 0 Å². The number of hydrogen-bond acceptors (Lipinski definition) is 3. The van der Waals surface area contributed by atoms with Gasteiger partial charge in [-0.25, -0.2) is 0 Å². The molecule has 0 bridgehead atoms. The molecule has 0 amide bonds. The second kappa shape index (κ2) is 9.40. The molecule has 0 aliphatic heterocycles. The molecule has 30 heavy (non-hydrogen) atoms. The van der Waals surface area contributed by atoms with E-state index in [4.69, 9.17) is 10.5 Å². The van der Waals surface area contributed by atoms with Crippen LogP contribution in [0.3, 0.4) is 0 Å². The van der Waals surface area contributed by atoms with Crippen LogP contribution in [-0.2, 0) is 4.74 Å². The Balaban J connectivity index is 1.59. The fraction of sp³-hybridized carbons (Fsp3) is 1.00. The lowest BCUT2D eigenvalue weighted by Crippen LogP contribution is -2.58. The first-order valence-electron chi connectivity index (χ1n) is 13.4. The Labute approximate surface area is 185 Å². The first-order valence-corrected chi connectivity index (χ1v) is 13.4. The van der Waals surface area contributed by atoms with Gasteiger partial charge in [-0.3, -0.25) is 0 Å². The average Bonchev–Trinajstić information content (AvgIpc) is 3.09. The summed E-state index contributed by atoms with van der Waals surface area (Å²) in [7, 11) is 0. The van der Waals surface area contributed by atoms with Gasteiger partial charge in [0.1, 0.15) is 0 Å². The van der Waals surface area contributed by atoms with E-state index in [9.17, 15) is 5.11 Å². The van der Waals surface area contributed by atoms with Gasteiger partial charge in [0.05, 0.1) is 6.10 Å². The Bertz CT molecular complexity index is 567. The summed E-state index contributed by atoms with van der Waals surface area (Å²) < 4.78 is 6.69. The highest BCUT2D eigenvalue weighted by atomic mass is 16.5. The molecule has 7 unspecified atom stereocenters. The summed E-state index contributed by atoms with van der Waals surface area (Å²) in [4.78, 5) is 0. The quantitative estimate of drug-likeness (QED) is 0.490. The molecule has 4 rings (SSSR count). The predicted octanol–water partition coefficient (Wildman–Crippen LogP) is 5.79. The zero-order valence-corrected chi connectivity index (χ0v) is 20.1. The molecule has 3 N–H and O–H groups in total. The SMILES string of the molecule is C[C@H](CCCO)C1CCC2C3C(CCC21C)C1(C)CCCCC1C[C@H]3OCCCN. The van der Waals surface area contributed by atoms with Crippen LogP contribution in [0, 0.1) is 46.3 Å². The maximum atomic E-state index is 9.36. The molecule has 4 saturated carbocycles. The number of aliphatic hydroxyl groups is 1. The number of fused-ring (bicyclic) bond motifs is 5. The van der Waals surface area contributed by atoms with Crippen LogP contribution >= 0.6 is 0 Å². The number of hydrogen-bond donors (Lipinski definition) is 2. The van der Waals surface area contributed by atoms with Gasteiger partial charge in [0.2, 0.25) is 0 Å². The molecule has 4 aliphatic carbocycles. The molecule has 3 nitrogen and oxygen atoms in total. The van der Waals surface area contributed by atoms with Crippen molar-refractivity contribution in [2.75, 3.05) is 19.8 Å². The van der Waals surface area contributed by atoms with Crippen LogP contribution in [0.4, 0.5) is 0 Å². The van der Waals surface area contributed by atoms with Crippen LogP contribution in [0.25, 0.3) is 0 Å². The highest BCUT2D eigenvalue weighted by Crippen LogP contribution is 2.68. The van der Waals surface area contributed by atoms with Crippen LogP contribution in [0.1, 0.15) is 97.8 Å². The number of rotatable bonds is 8. The first-order chi connectivity index (χ1) is 14.5. The monoisotopic (exact) mass is 419 g/mol. The number of nitrogens with two attached hydrogens (primary N) is 1. The third-order valence-corrected chi connectivity index (χ3v) is 10.8. The highest BCUT2D eigenvalue weighted by molar-refractivity contribution is 5.11. The highest BCUT2D eigenvalue weighted by Gasteiger charge is 2.62. The topological polar surface area (TPSA) is 55.5 Å². The van der Waals surface area contributed by atoms with E-state index >= 15 is 0 Å². The summed E-state index contributed by atoms with van der Waals surface area (Å²) in [6.07, 6.45) is 16.3. The second-order valence-electron chi connectivity index (χ2n) is 12.1. The lowest BCUT2D eigenvalue weighted by atomic mass is 9.44. The normalized spacial score (nSPS) is 46.7. The zero-order valence-electron chi connectivity index (χ0n) is 20.1. The molecule has 0 radical (unpaired) electrons. The lowest BCUT2D eigenvalue weighted by molar-refractivity contribution is -0.180. The van der Waals surface area contributed by atoms with Gasteiger partial charge in [-0.15, -0.1) is 0 Å². The van der Waals surface area contributed by atoms with Gasteiger partial charge in [-0.2, -0.15) is 0 Å². The van der Waals surface area contributed by atoms with Gasteiger partial charge >= 0.3 is 0 Å². The Kier molecular flexibility index (Phi) is 7.22. The van der Waals surface area contributed by atoms with Crippen molar-refractivity contribution in [3.63, 3.8) is 0 Å². The minimum absolute atomic E-state index is 0.346. The van der Waals surface area contributed by atoms with Gasteiger partial charge in [-0.1, -0.05) is 33.6 Å². The van der Waals surface area contributed by atoms with Crippen molar-refractivity contribution in [3.05, 3.63) is 0 Å². The van der Waals surface area contributed by atoms with E-state index in [1.54, 1.807) is 0 Å². The van der Waals surface area contributed by atoms with Crippen LogP contribution < -0.4 is 5.73 Å². The molecule has 4 aliphatic rings. The van der Waals surface area contributed by atoms with Gasteiger partial charge < -0.3 is 15.6 Å². The molecular weight excluding hydrogens is 370 g/mol. The molecule has 0 saturated heterocycles. The molecule has 0 aromatic heterocycles. The molecule has 0 spiro atoms. The van der Waals surface area contributed by atoms with Crippen molar-refractivity contribution >= 4 is 0 Å².